The summed E-state index contributed by atoms with van der Waals surface area (Å²) in [4.78, 5) is 28.4. The minimum atomic E-state index is -0.405. The van der Waals surface area contributed by atoms with Crippen LogP contribution in [0, 0.1) is 13.8 Å². The summed E-state index contributed by atoms with van der Waals surface area (Å²) in [5.74, 6) is -0.762. The highest BCUT2D eigenvalue weighted by Gasteiger charge is 2.15. The minimum Gasteiger partial charge on any atom is -0.431 e. The van der Waals surface area contributed by atoms with Gasteiger partial charge < -0.3 is 9.73 Å². The summed E-state index contributed by atoms with van der Waals surface area (Å²) in [7, 11) is 0. The van der Waals surface area contributed by atoms with Crippen LogP contribution in [0.5, 0.6) is 0 Å². The Morgan fingerprint density at radius 2 is 1.68 bits per heavy atom. The van der Waals surface area contributed by atoms with Gasteiger partial charge in [-0.15, -0.1) is 0 Å². The average molecular weight is 335 g/mol. The van der Waals surface area contributed by atoms with Crippen molar-refractivity contribution < 1.29 is 14.0 Å². The number of rotatable bonds is 4. The Labute approximate surface area is 144 Å². The highest BCUT2D eigenvalue weighted by atomic mass is 16.4. The van der Waals surface area contributed by atoms with Crippen LogP contribution in [0.25, 0.3) is 0 Å². The van der Waals surface area contributed by atoms with Gasteiger partial charge in [-0.05, 0) is 43.2 Å². The lowest BCUT2D eigenvalue weighted by Gasteiger charge is -2.08. The first-order valence-electron chi connectivity index (χ1n) is 7.74. The molecule has 3 aromatic rings. The van der Waals surface area contributed by atoms with Crippen LogP contribution >= 0.6 is 0 Å². The summed E-state index contributed by atoms with van der Waals surface area (Å²) in [5.41, 5.74) is 3.33. The third kappa shape index (κ3) is 3.74. The zero-order chi connectivity index (χ0) is 17.8. The number of carbonyl (C=O) groups is 2. The number of anilines is 2. The zero-order valence-electron chi connectivity index (χ0n) is 13.9. The van der Waals surface area contributed by atoms with Crippen molar-refractivity contribution in [3.05, 3.63) is 77.2 Å². The summed E-state index contributed by atoms with van der Waals surface area (Å²) < 4.78 is 5.17. The van der Waals surface area contributed by atoms with E-state index in [1.807, 2.05) is 38.1 Å². The zero-order valence-corrected chi connectivity index (χ0v) is 13.9. The predicted octanol–water partition coefficient (Wildman–Crippen LogP) is 3.80. The molecule has 1 aromatic heterocycles. The topological polar surface area (TPSA) is 84.2 Å². The maximum Gasteiger partial charge on any atom is 0.302 e. The number of aryl methyl sites for hydroxylation is 1. The highest BCUT2D eigenvalue weighted by molar-refractivity contribution is 6.05. The molecular formula is C19H17N3O3. The lowest BCUT2D eigenvalue weighted by molar-refractivity contribution is 0.101. The van der Waals surface area contributed by atoms with E-state index in [-0.39, 0.29) is 17.6 Å². The van der Waals surface area contributed by atoms with Gasteiger partial charge in [0.05, 0.1) is 0 Å². The van der Waals surface area contributed by atoms with Crippen LogP contribution < -0.4 is 10.6 Å². The van der Waals surface area contributed by atoms with E-state index in [1.54, 1.807) is 24.3 Å². The summed E-state index contributed by atoms with van der Waals surface area (Å²) in [6.45, 7) is 3.90. The third-order valence-corrected chi connectivity index (χ3v) is 3.85. The second-order valence-corrected chi connectivity index (χ2v) is 5.56. The van der Waals surface area contributed by atoms with Gasteiger partial charge in [-0.25, -0.2) is 0 Å². The van der Waals surface area contributed by atoms with Crippen LogP contribution in [0.15, 0.2) is 59.2 Å². The van der Waals surface area contributed by atoms with Gasteiger partial charge in [-0.1, -0.05) is 30.3 Å². The van der Waals surface area contributed by atoms with E-state index in [1.165, 1.54) is 6.26 Å². The Kier molecular flexibility index (Phi) is 4.61. The van der Waals surface area contributed by atoms with Gasteiger partial charge in [0.25, 0.3) is 11.8 Å². The molecule has 25 heavy (non-hydrogen) atoms. The molecule has 0 bridgehead atoms. The standard InChI is InChI=1S/C19H17N3O3/c1-12-7-6-10-15(13(12)2)20-18(24)16-11-25-19(21-16)22-17(23)14-8-4-3-5-9-14/h3-11H,1-2H3,(H,20,24)(H,21,22,23). The summed E-state index contributed by atoms with van der Waals surface area (Å²) in [6, 6.07) is 14.3. The second-order valence-electron chi connectivity index (χ2n) is 5.56. The van der Waals surface area contributed by atoms with E-state index >= 15 is 0 Å². The van der Waals surface area contributed by atoms with Crippen molar-refractivity contribution >= 4 is 23.5 Å². The average Bonchev–Trinajstić information content (AvgIpc) is 3.08. The summed E-state index contributed by atoms with van der Waals surface area (Å²) >= 11 is 0. The molecule has 6 heteroatoms. The van der Waals surface area contributed by atoms with Gasteiger partial charge in [0.1, 0.15) is 6.26 Å². The van der Waals surface area contributed by atoms with E-state index in [4.69, 9.17) is 4.42 Å². The Balaban J connectivity index is 1.69. The number of hydrogen-bond donors (Lipinski definition) is 2. The molecule has 0 aliphatic carbocycles. The summed E-state index contributed by atoms with van der Waals surface area (Å²) in [5, 5.41) is 5.31. The quantitative estimate of drug-likeness (QED) is 0.759. The molecule has 2 aromatic carbocycles. The van der Waals surface area contributed by atoms with Crippen molar-refractivity contribution in [3.8, 4) is 0 Å². The van der Waals surface area contributed by atoms with Crippen LogP contribution in [-0.4, -0.2) is 16.8 Å². The fourth-order valence-electron chi connectivity index (χ4n) is 2.27. The lowest BCUT2D eigenvalue weighted by Crippen LogP contribution is -2.15. The van der Waals surface area contributed by atoms with Crippen molar-refractivity contribution in [2.75, 3.05) is 10.6 Å². The molecule has 126 valence electrons. The lowest BCUT2D eigenvalue weighted by atomic mass is 10.1. The fourth-order valence-corrected chi connectivity index (χ4v) is 2.27. The molecule has 0 saturated carbocycles. The minimum absolute atomic E-state index is 0.0278. The number of benzene rings is 2. The van der Waals surface area contributed by atoms with Gasteiger partial charge in [0.2, 0.25) is 0 Å². The molecule has 3 rings (SSSR count). The van der Waals surface area contributed by atoms with Gasteiger partial charge in [0.15, 0.2) is 5.69 Å². The molecule has 0 unspecified atom stereocenters. The molecule has 0 atom stereocenters. The number of carbonyl (C=O) groups excluding carboxylic acids is 2. The first-order chi connectivity index (χ1) is 12.0. The Morgan fingerprint density at radius 1 is 0.920 bits per heavy atom. The van der Waals surface area contributed by atoms with E-state index in [0.29, 0.717) is 11.3 Å². The monoisotopic (exact) mass is 335 g/mol. The van der Waals surface area contributed by atoms with Crippen LogP contribution in [0.4, 0.5) is 11.7 Å². The molecular weight excluding hydrogens is 318 g/mol. The normalized spacial score (nSPS) is 10.3. The number of nitrogens with zero attached hydrogens (tertiary/aromatic N) is 1. The number of oxazole rings is 1. The fraction of sp³-hybridized carbons (Fsp3) is 0.105. The molecule has 0 fully saturated rings. The van der Waals surface area contributed by atoms with E-state index in [2.05, 4.69) is 15.6 Å². The number of nitrogens with one attached hydrogen (secondary N) is 2. The van der Waals surface area contributed by atoms with Crippen LogP contribution in [0.3, 0.4) is 0 Å². The number of aromatic nitrogens is 1. The predicted molar refractivity (Wildman–Crippen MR) is 94.8 cm³/mol. The Bertz CT molecular complexity index is 917. The SMILES string of the molecule is Cc1cccc(NC(=O)c2coc(NC(=O)c3ccccc3)n2)c1C. The Hall–Kier alpha value is -3.41. The largest absolute Gasteiger partial charge is 0.431 e. The molecule has 6 nitrogen and oxygen atoms in total. The van der Waals surface area contributed by atoms with E-state index in [0.717, 1.165) is 11.1 Å². The Morgan fingerprint density at radius 3 is 2.44 bits per heavy atom. The van der Waals surface area contributed by atoms with Gasteiger partial charge in [-0.2, -0.15) is 4.98 Å². The summed E-state index contributed by atoms with van der Waals surface area (Å²) in [6.07, 6.45) is 1.21. The van der Waals surface area contributed by atoms with Gasteiger partial charge >= 0.3 is 6.01 Å². The molecule has 0 radical (unpaired) electrons. The first-order valence-corrected chi connectivity index (χ1v) is 7.74. The second kappa shape index (κ2) is 7.00. The van der Waals surface area contributed by atoms with Crippen molar-refractivity contribution in [2.24, 2.45) is 0 Å². The molecule has 2 N–H and O–H groups in total. The van der Waals surface area contributed by atoms with Crippen LogP contribution in [0.2, 0.25) is 0 Å². The molecule has 0 spiro atoms. The molecule has 0 aliphatic heterocycles. The number of amides is 2. The number of hydrogen-bond acceptors (Lipinski definition) is 4. The van der Waals surface area contributed by atoms with Gasteiger partial charge in [0, 0.05) is 11.3 Å². The van der Waals surface area contributed by atoms with Crippen molar-refractivity contribution in [1.82, 2.24) is 4.98 Å². The molecule has 0 aliphatic rings. The smallest absolute Gasteiger partial charge is 0.302 e. The first kappa shape index (κ1) is 16.4. The highest BCUT2D eigenvalue weighted by Crippen LogP contribution is 2.19. The van der Waals surface area contributed by atoms with Gasteiger partial charge in [-0.3, -0.25) is 14.9 Å². The maximum absolute atomic E-state index is 12.3. The molecule has 0 saturated heterocycles. The maximum atomic E-state index is 12.3. The molecule has 2 amide bonds. The van der Waals surface area contributed by atoms with Crippen LogP contribution in [0.1, 0.15) is 32.0 Å². The van der Waals surface area contributed by atoms with Crippen molar-refractivity contribution in [3.63, 3.8) is 0 Å². The van der Waals surface area contributed by atoms with Crippen molar-refractivity contribution in [2.45, 2.75) is 13.8 Å². The third-order valence-electron chi connectivity index (χ3n) is 3.85. The van der Waals surface area contributed by atoms with Crippen molar-refractivity contribution in [1.29, 1.82) is 0 Å². The molecule has 1 heterocycles. The van der Waals surface area contributed by atoms with Crippen LogP contribution in [-0.2, 0) is 0 Å². The van der Waals surface area contributed by atoms with E-state index in [9.17, 15) is 9.59 Å². The van der Waals surface area contributed by atoms with E-state index < -0.39 is 5.91 Å².